The zero-order chi connectivity index (χ0) is 12.3. The number of hydrogen-bond donors (Lipinski definition) is 2. The van der Waals surface area contributed by atoms with Crippen LogP contribution in [0.1, 0.15) is 31.4 Å². The van der Waals surface area contributed by atoms with Crippen LogP contribution in [-0.4, -0.2) is 23.8 Å². The molecular weight excluding hydrogens is 210 g/mol. The molecule has 2 heteroatoms. The van der Waals surface area contributed by atoms with Gasteiger partial charge < -0.3 is 10.4 Å². The molecular formula is C15H23NO. The minimum atomic E-state index is -0.187. The van der Waals surface area contributed by atoms with Crippen LogP contribution in [0.15, 0.2) is 24.3 Å². The molecule has 0 saturated heterocycles. The lowest BCUT2D eigenvalue weighted by Gasteiger charge is -2.17. The van der Waals surface area contributed by atoms with Gasteiger partial charge in [-0.2, -0.15) is 0 Å². The number of nitrogens with one attached hydrogen (secondary N) is 1. The van der Waals surface area contributed by atoms with E-state index >= 15 is 0 Å². The molecule has 0 aliphatic heterocycles. The Bertz CT molecular complexity index is 337. The van der Waals surface area contributed by atoms with E-state index in [4.69, 9.17) is 0 Å². The molecule has 0 saturated carbocycles. The van der Waals surface area contributed by atoms with E-state index in [1.807, 2.05) is 6.92 Å². The number of benzene rings is 1. The second-order valence-electron chi connectivity index (χ2n) is 5.47. The molecule has 1 aliphatic rings. The highest BCUT2D eigenvalue weighted by atomic mass is 16.3. The summed E-state index contributed by atoms with van der Waals surface area (Å²) in [5, 5.41) is 13.0. The molecule has 1 aromatic carbocycles. The third-order valence-corrected chi connectivity index (χ3v) is 3.55. The largest absolute Gasteiger partial charge is 0.393 e. The van der Waals surface area contributed by atoms with Gasteiger partial charge in [0.15, 0.2) is 0 Å². The maximum atomic E-state index is 9.33. The molecule has 2 atom stereocenters. The molecule has 0 heterocycles. The molecule has 1 aromatic rings. The Hall–Kier alpha value is -0.860. The highest BCUT2D eigenvalue weighted by Gasteiger charge is 2.20. The average Bonchev–Trinajstić information content (AvgIpc) is 2.68. The van der Waals surface area contributed by atoms with Crippen LogP contribution in [0.2, 0.25) is 0 Å². The molecule has 94 valence electrons. The number of aliphatic hydroxyl groups excluding tert-OH is 1. The van der Waals surface area contributed by atoms with Crippen molar-refractivity contribution in [3.05, 3.63) is 35.4 Å². The topological polar surface area (TPSA) is 32.3 Å². The van der Waals surface area contributed by atoms with Gasteiger partial charge in [0.1, 0.15) is 0 Å². The standard InChI is InChI=1S/C15H23NO/c1-11(7-12(2)17)10-16-15-8-13-5-3-4-6-14(13)9-15/h3-6,11-12,15-17H,7-10H2,1-2H3. The van der Waals surface area contributed by atoms with Crippen molar-refractivity contribution < 1.29 is 5.11 Å². The van der Waals surface area contributed by atoms with Crippen LogP contribution in [0, 0.1) is 5.92 Å². The van der Waals surface area contributed by atoms with E-state index in [0.717, 1.165) is 25.8 Å². The molecule has 2 N–H and O–H groups in total. The van der Waals surface area contributed by atoms with Crippen molar-refractivity contribution in [2.75, 3.05) is 6.54 Å². The van der Waals surface area contributed by atoms with Crippen molar-refractivity contribution in [2.24, 2.45) is 5.92 Å². The Morgan fingerprint density at radius 2 is 1.82 bits per heavy atom. The second-order valence-corrected chi connectivity index (χ2v) is 5.47. The van der Waals surface area contributed by atoms with E-state index in [-0.39, 0.29) is 6.10 Å². The van der Waals surface area contributed by atoms with Crippen LogP contribution >= 0.6 is 0 Å². The van der Waals surface area contributed by atoms with Gasteiger partial charge in [0, 0.05) is 6.04 Å². The minimum Gasteiger partial charge on any atom is -0.393 e. The summed E-state index contributed by atoms with van der Waals surface area (Å²) in [5.41, 5.74) is 2.99. The molecule has 1 aliphatic carbocycles. The minimum absolute atomic E-state index is 0.187. The molecule has 17 heavy (non-hydrogen) atoms. The van der Waals surface area contributed by atoms with Crippen molar-refractivity contribution in [2.45, 2.75) is 45.3 Å². The Morgan fingerprint density at radius 1 is 1.24 bits per heavy atom. The van der Waals surface area contributed by atoms with E-state index in [0.29, 0.717) is 12.0 Å². The van der Waals surface area contributed by atoms with E-state index in [1.54, 1.807) is 0 Å². The summed E-state index contributed by atoms with van der Waals surface area (Å²) in [5.74, 6) is 0.540. The molecule has 0 amide bonds. The lowest BCUT2D eigenvalue weighted by molar-refractivity contribution is 0.162. The van der Waals surface area contributed by atoms with Crippen molar-refractivity contribution in [1.29, 1.82) is 0 Å². The predicted octanol–water partition coefficient (Wildman–Crippen LogP) is 2.15. The lowest BCUT2D eigenvalue weighted by Crippen LogP contribution is -2.34. The maximum Gasteiger partial charge on any atom is 0.0515 e. The maximum absolute atomic E-state index is 9.33. The number of hydrogen-bond acceptors (Lipinski definition) is 2. The van der Waals surface area contributed by atoms with Crippen molar-refractivity contribution in [3.8, 4) is 0 Å². The van der Waals surface area contributed by atoms with Crippen LogP contribution < -0.4 is 5.32 Å². The van der Waals surface area contributed by atoms with Crippen LogP contribution in [0.25, 0.3) is 0 Å². The van der Waals surface area contributed by atoms with Crippen molar-refractivity contribution in [1.82, 2.24) is 5.32 Å². The molecule has 0 radical (unpaired) electrons. The number of fused-ring (bicyclic) bond motifs is 1. The molecule has 2 nitrogen and oxygen atoms in total. The van der Waals surface area contributed by atoms with E-state index in [9.17, 15) is 5.11 Å². The summed E-state index contributed by atoms with van der Waals surface area (Å²) in [7, 11) is 0. The summed E-state index contributed by atoms with van der Waals surface area (Å²) in [6.45, 7) is 5.06. The molecule has 2 unspecified atom stereocenters. The van der Waals surface area contributed by atoms with Crippen LogP contribution in [0.3, 0.4) is 0 Å². The number of aliphatic hydroxyl groups is 1. The lowest BCUT2D eigenvalue weighted by atomic mass is 10.0. The average molecular weight is 233 g/mol. The van der Waals surface area contributed by atoms with E-state index in [1.165, 1.54) is 11.1 Å². The summed E-state index contributed by atoms with van der Waals surface area (Å²) < 4.78 is 0. The van der Waals surface area contributed by atoms with Gasteiger partial charge in [0.25, 0.3) is 0 Å². The van der Waals surface area contributed by atoms with Gasteiger partial charge in [-0.05, 0) is 49.8 Å². The third-order valence-electron chi connectivity index (χ3n) is 3.55. The first-order chi connectivity index (χ1) is 8.15. The predicted molar refractivity (Wildman–Crippen MR) is 71.1 cm³/mol. The second kappa shape index (κ2) is 5.65. The smallest absolute Gasteiger partial charge is 0.0515 e. The monoisotopic (exact) mass is 233 g/mol. The van der Waals surface area contributed by atoms with Crippen molar-refractivity contribution >= 4 is 0 Å². The molecule has 0 fully saturated rings. The van der Waals surface area contributed by atoms with Crippen molar-refractivity contribution in [3.63, 3.8) is 0 Å². The van der Waals surface area contributed by atoms with E-state index < -0.39 is 0 Å². The molecule has 0 aromatic heterocycles. The Labute approximate surface area is 104 Å². The van der Waals surface area contributed by atoms with Crippen LogP contribution in [0.5, 0.6) is 0 Å². The van der Waals surface area contributed by atoms with Crippen LogP contribution in [0.4, 0.5) is 0 Å². The third kappa shape index (κ3) is 3.55. The zero-order valence-corrected chi connectivity index (χ0v) is 10.8. The Balaban J connectivity index is 1.76. The Morgan fingerprint density at radius 3 is 2.35 bits per heavy atom. The summed E-state index contributed by atoms with van der Waals surface area (Å²) >= 11 is 0. The SMILES string of the molecule is CC(O)CC(C)CNC1Cc2ccccc2C1. The fourth-order valence-corrected chi connectivity index (χ4v) is 2.74. The van der Waals surface area contributed by atoms with Crippen LogP contribution in [-0.2, 0) is 12.8 Å². The highest BCUT2D eigenvalue weighted by Crippen LogP contribution is 2.21. The van der Waals surface area contributed by atoms with Gasteiger partial charge in [-0.3, -0.25) is 0 Å². The fourth-order valence-electron chi connectivity index (χ4n) is 2.74. The van der Waals surface area contributed by atoms with Gasteiger partial charge in [-0.25, -0.2) is 0 Å². The summed E-state index contributed by atoms with van der Waals surface area (Å²) in [6.07, 6.45) is 2.99. The molecule has 2 rings (SSSR count). The zero-order valence-electron chi connectivity index (χ0n) is 10.8. The normalized spacial score (nSPS) is 19.0. The fraction of sp³-hybridized carbons (Fsp3) is 0.600. The number of rotatable bonds is 5. The molecule has 0 spiro atoms. The summed E-state index contributed by atoms with van der Waals surface area (Å²) in [4.78, 5) is 0. The first-order valence-electron chi connectivity index (χ1n) is 6.63. The first kappa shape index (κ1) is 12.6. The van der Waals surface area contributed by atoms with E-state index in [2.05, 4.69) is 36.5 Å². The first-order valence-corrected chi connectivity index (χ1v) is 6.63. The van der Waals surface area contributed by atoms with Gasteiger partial charge in [0.2, 0.25) is 0 Å². The quantitative estimate of drug-likeness (QED) is 0.817. The Kier molecular flexibility index (Phi) is 4.19. The highest BCUT2D eigenvalue weighted by molar-refractivity contribution is 5.33. The van der Waals surface area contributed by atoms with Gasteiger partial charge in [-0.15, -0.1) is 0 Å². The van der Waals surface area contributed by atoms with Gasteiger partial charge in [-0.1, -0.05) is 31.2 Å². The molecule has 0 bridgehead atoms. The summed E-state index contributed by atoms with van der Waals surface area (Å²) in [6, 6.07) is 9.30. The van der Waals surface area contributed by atoms with Gasteiger partial charge in [0.05, 0.1) is 6.10 Å². The van der Waals surface area contributed by atoms with Gasteiger partial charge >= 0.3 is 0 Å².